The quantitative estimate of drug-likeness (QED) is 0.825. The molecule has 3 rings (SSSR count). The average molecular weight is 330 g/mol. The number of benzene rings is 2. The standard InChI is InChI=1S/C15H11Cl2F2NO/c16-12-5-10(6-13(17)15(12)19)20-7-11-4-8-3-9(18)1-2-14(8)21-11/h1-3,5-6,11,20H,4,7H2. The third-order valence-corrected chi connectivity index (χ3v) is 3.83. The topological polar surface area (TPSA) is 21.3 Å². The van der Waals surface area contributed by atoms with Gasteiger partial charge in [-0.2, -0.15) is 0 Å². The first-order chi connectivity index (χ1) is 10.0. The second-order valence-electron chi connectivity index (χ2n) is 4.83. The van der Waals surface area contributed by atoms with Crippen LogP contribution in [0.25, 0.3) is 0 Å². The maximum atomic E-state index is 13.3. The minimum atomic E-state index is -0.635. The fourth-order valence-electron chi connectivity index (χ4n) is 2.29. The number of nitrogens with one attached hydrogen (secondary N) is 1. The Bertz CT molecular complexity index is 670. The van der Waals surface area contributed by atoms with E-state index in [4.69, 9.17) is 27.9 Å². The van der Waals surface area contributed by atoms with Crippen molar-refractivity contribution >= 4 is 28.9 Å². The molecule has 0 spiro atoms. The first kappa shape index (κ1) is 14.4. The van der Waals surface area contributed by atoms with Gasteiger partial charge in [0.25, 0.3) is 0 Å². The molecule has 0 radical (unpaired) electrons. The average Bonchev–Trinajstić information content (AvgIpc) is 2.84. The number of anilines is 1. The summed E-state index contributed by atoms with van der Waals surface area (Å²) in [5, 5.41) is 3.01. The van der Waals surface area contributed by atoms with Gasteiger partial charge in [0.1, 0.15) is 17.7 Å². The molecule has 1 atom stereocenters. The second-order valence-corrected chi connectivity index (χ2v) is 5.65. The SMILES string of the molecule is Fc1ccc2c(c1)CC(CNc1cc(Cl)c(F)c(Cl)c1)O2. The number of ether oxygens (including phenoxy) is 1. The summed E-state index contributed by atoms with van der Waals surface area (Å²) in [4.78, 5) is 0. The van der Waals surface area contributed by atoms with Gasteiger partial charge in [-0.15, -0.1) is 0 Å². The molecule has 2 aromatic rings. The van der Waals surface area contributed by atoms with E-state index in [0.29, 0.717) is 24.4 Å². The first-order valence-electron chi connectivity index (χ1n) is 6.36. The summed E-state index contributed by atoms with van der Waals surface area (Å²) in [7, 11) is 0. The molecule has 2 aromatic carbocycles. The summed E-state index contributed by atoms with van der Waals surface area (Å²) in [6, 6.07) is 7.39. The molecule has 0 aliphatic carbocycles. The normalized spacial score (nSPS) is 16.5. The molecule has 0 saturated heterocycles. The number of fused-ring (bicyclic) bond motifs is 1. The number of hydrogen-bond acceptors (Lipinski definition) is 2. The molecular weight excluding hydrogens is 319 g/mol. The lowest BCUT2D eigenvalue weighted by molar-refractivity contribution is 0.246. The zero-order valence-corrected chi connectivity index (χ0v) is 12.3. The Morgan fingerprint density at radius 3 is 2.57 bits per heavy atom. The minimum Gasteiger partial charge on any atom is -0.488 e. The maximum Gasteiger partial charge on any atom is 0.160 e. The van der Waals surface area contributed by atoms with Crippen LogP contribution in [0.2, 0.25) is 10.0 Å². The molecule has 0 saturated carbocycles. The molecular formula is C15H11Cl2F2NO. The Morgan fingerprint density at radius 2 is 1.86 bits per heavy atom. The number of halogens is 4. The van der Waals surface area contributed by atoms with Crippen molar-refractivity contribution in [3.8, 4) is 5.75 Å². The lowest BCUT2D eigenvalue weighted by Crippen LogP contribution is -2.23. The van der Waals surface area contributed by atoms with Crippen molar-refractivity contribution in [3.05, 3.63) is 57.6 Å². The molecule has 0 amide bonds. The van der Waals surface area contributed by atoms with E-state index in [1.165, 1.54) is 24.3 Å². The van der Waals surface area contributed by atoms with Gasteiger partial charge in [-0.1, -0.05) is 23.2 Å². The van der Waals surface area contributed by atoms with Crippen molar-refractivity contribution in [1.29, 1.82) is 0 Å². The Hall–Kier alpha value is -1.52. The van der Waals surface area contributed by atoms with Gasteiger partial charge in [0.2, 0.25) is 0 Å². The van der Waals surface area contributed by atoms with Crippen molar-refractivity contribution in [2.75, 3.05) is 11.9 Å². The Morgan fingerprint density at radius 1 is 1.14 bits per heavy atom. The van der Waals surface area contributed by atoms with E-state index in [-0.39, 0.29) is 22.0 Å². The predicted molar refractivity (Wildman–Crippen MR) is 79.4 cm³/mol. The van der Waals surface area contributed by atoms with Gasteiger partial charge in [0.05, 0.1) is 16.6 Å². The highest BCUT2D eigenvalue weighted by Crippen LogP contribution is 2.30. The fraction of sp³-hybridized carbons (Fsp3) is 0.200. The zero-order chi connectivity index (χ0) is 15.0. The Labute approximate surface area is 130 Å². The molecule has 0 fully saturated rings. The van der Waals surface area contributed by atoms with E-state index in [1.54, 1.807) is 6.07 Å². The summed E-state index contributed by atoms with van der Waals surface area (Å²) in [6.07, 6.45) is 0.493. The molecule has 1 aliphatic heterocycles. The molecule has 1 unspecified atom stereocenters. The van der Waals surface area contributed by atoms with E-state index in [9.17, 15) is 8.78 Å². The highest BCUT2D eigenvalue weighted by molar-refractivity contribution is 6.35. The highest BCUT2D eigenvalue weighted by atomic mass is 35.5. The highest BCUT2D eigenvalue weighted by Gasteiger charge is 2.23. The summed E-state index contributed by atoms with van der Waals surface area (Å²) >= 11 is 11.5. The van der Waals surface area contributed by atoms with Gasteiger partial charge in [-0.05, 0) is 30.3 Å². The lowest BCUT2D eigenvalue weighted by atomic mass is 10.1. The van der Waals surface area contributed by atoms with Crippen molar-refractivity contribution in [3.63, 3.8) is 0 Å². The van der Waals surface area contributed by atoms with Crippen LogP contribution in [-0.2, 0) is 6.42 Å². The van der Waals surface area contributed by atoms with Crippen molar-refractivity contribution in [1.82, 2.24) is 0 Å². The smallest absolute Gasteiger partial charge is 0.160 e. The molecule has 1 heterocycles. The van der Waals surface area contributed by atoms with Crippen LogP contribution in [0.15, 0.2) is 30.3 Å². The molecule has 1 N–H and O–H groups in total. The van der Waals surface area contributed by atoms with Crippen LogP contribution in [0.1, 0.15) is 5.56 Å². The minimum absolute atomic E-state index is 0.0392. The van der Waals surface area contributed by atoms with Gasteiger partial charge in [0, 0.05) is 17.7 Å². The molecule has 0 aromatic heterocycles. The first-order valence-corrected chi connectivity index (χ1v) is 7.12. The van der Waals surface area contributed by atoms with Gasteiger partial charge >= 0.3 is 0 Å². The van der Waals surface area contributed by atoms with Crippen LogP contribution in [0.5, 0.6) is 5.75 Å². The van der Waals surface area contributed by atoms with E-state index in [1.807, 2.05) is 0 Å². The van der Waals surface area contributed by atoms with Crippen molar-refractivity contribution in [2.24, 2.45) is 0 Å². The van der Waals surface area contributed by atoms with Crippen LogP contribution >= 0.6 is 23.2 Å². The molecule has 110 valence electrons. The zero-order valence-electron chi connectivity index (χ0n) is 10.8. The van der Waals surface area contributed by atoms with Gasteiger partial charge in [-0.3, -0.25) is 0 Å². The monoisotopic (exact) mass is 329 g/mol. The van der Waals surface area contributed by atoms with E-state index in [0.717, 1.165) is 5.56 Å². The van der Waals surface area contributed by atoms with Crippen LogP contribution in [0.4, 0.5) is 14.5 Å². The molecule has 6 heteroatoms. The maximum absolute atomic E-state index is 13.3. The van der Waals surface area contributed by atoms with Crippen LogP contribution < -0.4 is 10.1 Å². The Balaban J connectivity index is 1.65. The summed E-state index contributed by atoms with van der Waals surface area (Å²) in [6.45, 7) is 0.481. The predicted octanol–water partition coefficient (Wildman–Crippen LogP) is 4.69. The van der Waals surface area contributed by atoms with Gasteiger partial charge < -0.3 is 10.1 Å². The largest absolute Gasteiger partial charge is 0.488 e. The third-order valence-electron chi connectivity index (χ3n) is 3.28. The summed E-state index contributed by atoms with van der Waals surface area (Å²) < 4.78 is 32.1. The van der Waals surface area contributed by atoms with Crippen LogP contribution in [0.3, 0.4) is 0 Å². The van der Waals surface area contributed by atoms with Gasteiger partial charge in [0.15, 0.2) is 5.82 Å². The fourth-order valence-corrected chi connectivity index (χ4v) is 2.78. The van der Waals surface area contributed by atoms with E-state index < -0.39 is 5.82 Å². The van der Waals surface area contributed by atoms with E-state index >= 15 is 0 Å². The molecule has 2 nitrogen and oxygen atoms in total. The van der Waals surface area contributed by atoms with Crippen molar-refractivity contribution < 1.29 is 13.5 Å². The lowest BCUT2D eigenvalue weighted by Gasteiger charge is -2.13. The molecule has 21 heavy (non-hydrogen) atoms. The number of hydrogen-bond donors (Lipinski definition) is 1. The molecule has 1 aliphatic rings. The summed E-state index contributed by atoms with van der Waals surface area (Å²) in [5.41, 5.74) is 1.45. The van der Waals surface area contributed by atoms with Crippen molar-refractivity contribution in [2.45, 2.75) is 12.5 Å². The van der Waals surface area contributed by atoms with Crippen LogP contribution in [-0.4, -0.2) is 12.6 Å². The number of rotatable bonds is 3. The molecule has 0 bridgehead atoms. The van der Waals surface area contributed by atoms with Gasteiger partial charge in [-0.25, -0.2) is 8.78 Å². The Kier molecular flexibility index (Phi) is 3.91. The summed E-state index contributed by atoms with van der Waals surface area (Å²) in [5.74, 6) is -0.217. The second kappa shape index (κ2) is 5.70. The van der Waals surface area contributed by atoms with Crippen LogP contribution in [0, 0.1) is 11.6 Å². The van der Waals surface area contributed by atoms with E-state index in [2.05, 4.69) is 5.32 Å². The third kappa shape index (κ3) is 3.06.